The Morgan fingerprint density at radius 1 is 1.29 bits per heavy atom. The number of aryl methyl sites for hydroxylation is 1. The topological polar surface area (TPSA) is 88.8 Å². The van der Waals surface area contributed by atoms with Gasteiger partial charge in [0.15, 0.2) is 5.76 Å². The zero-order valence-electron chi connectivity index (χ0n) is 13.6. The summed E-state index contributed by atoms with van der Waals surface area (Å²) in [5.41, 5.74) is 0.511. The highest BCUT2D eigenvalue weighted by Crippen LogP contribution is 2.26. The molecule has 0 aliphatic heterocycles. The predicted molar refractivity (Wildman–Crippen MR) is 92.9 cm³/mol. The fourth-order valence-electron chi connectivity index (χ4n) is 2.15. The number of amides is 1. The van der Waals surface area contributed by atoms with Gasteiger partial charge in [0.05, 0.1) is 6.10 Å². The van der Waals surface area contributed by atoms with Crippen LogP contribution in [-0.2, 0) is 6.42 Å². The normalized spacial score (nSPS) is 10.7. The van der Waals surface area contributed by atoms with Crippen molar-refractivity contribution in [1.29, 1.82) is 0 Å². The van der Waals surface area contributed by atoms with Crippen LogP contribution in [0.5, 0.6) is 5.75 Å². The van der Waals surface area contributed by atoms with E-state index in [1.807, 2.05) is 13.8 Å². The Labute approximate surface area is 147 Å². The highest BCUT2D eigenvalue weighted by molar-refractivity contribution is 9.10. The van der Waals surface area contributed by atoms with Crippen LogP contribution < -0.4 is 10.1 Å². The lowest BCUT2D eigenvalue weighted by atomic mass is 10.2. The van der Waals surface area contributed by atoms with E-state index >= 15 is 0 Å². The number of carboxylic acid groups (broad SMARTS) is 1. The van der Waals surface area contributed by atoms with E-state index < -0.39 is 11.9 Å². The number of carbonyl (C=O) groups excluding carboxylic acids is 1. The van der Waals surface area contributed by atoms with E-state index in [1.54, 1.807) is 25.1 Å². The smallest absolute Gasteiger partial charge is 0.339 e. The van der Waals surface area contributed by atoms with E-state index in [0.29, 0.717) is 17.9 Å². The Balaban J connectivity index is 2.23. The van der Waals surface area contributed by atoms with Gasteiger partial charge >= 0.3 is 5.97 Å². The molecule has 0 atom stereocenters. The number of nitrogens with one attached hydrogen (secondary N) is 1. The SMILES string of the molecule is CCc1oc(C(=O)Nc2cc(Br)cc(OC(C)C)c2)cc1C(=O)O. The van der Waals surface area contributed by atoms with Crippen LogP contribution in [-0.4, -0.2) is 23.1 Å². The van der Waals surface area contributed by atoms with Crippen molar-refractivity contribution in [2.24, 2.45) is 0 Å². The van der Waals surface area contributed by atoms with Crippen molar-refractivity contribution < 1.29 is 23.8 Å². The zero-order valence-corrected chi connectivity index (χ0v) is 15.1. The van der Waals surface area contributed by atoms with Gasteiger partial charge in [0.25, 0.3) is 5.91 Å². The van der Waals surface area contributed by atoms with Crippen LogP contribution in [0, 0.1) is 0 Å². The van der Waals surface area contributed by atoms with Crippen molar-refractivity contribution in [1.82, 2.24) is 0 Å². The van der Waals surface area contributed by atoms with E-state index in [4.69, 9.17) is 14.3 Å². The van der Waals surface area contributed by atoms with Crippen LogP contribution >= 0.6 is 15.9 Å². The van der Waals surface area contributed by atoms with Gasteiger partial charge in [0, 0.05) is 28.7 Å². The first kappa shape index (κ1) is 18.1. The van der Waals surface area contributed by atoms with Crippen LogP contribution in [0.15, 0.2) is 33.2 Å². The fourth-order valence-corrected chi connectivity index (χ4v) is 2.62. The lowest BCUT2D eigenvalue weighted by molar-refractivity contribution is 0.0694. The van der Waals surface area contributed by atoms with Gasteiger partial charge < -0.3 is 19.6 Å². The molecular weight excluding hydrogens is 378 g/mol. The first-order valence-electron chi connectivity index (χ1n) is 7.44. The van der Waals surface area contributed by atoms with Crippen LogP contribution in [0.2, 0.25) is 0 Å². The predicted octanol–water partition coefficient (Wildman–Crippen LogP) is 4.34. The van der Waals surface area contributed by atoms with Gasteiger partial charge in [-0.15, -0.1) is 0 Å². The molecule has 0 saturated heterocycles. The number of carboxylic acids is 1. The van der Waals surface area contributed by atoms with E-state index in [2.05, 4.69) is 21.2 Å². The van der Waals surface area contributed by atoms with Crippen LogP contribution in [0.25, 0.3) is 0 Å². The lowest BCUT2D eigenvalue weighted by Gasteiger charge is -2.12. The quantitative estimate of drug-likeness (QED) is 0.758. The first-order valence-corrected chi connectivity index (χ1v) is 8.24. The Morgan fingerprint density at radius 2 is 2.00 bits per heavy atom. The maximum absolute atomic E-state index is 12.3. The number of furan rings is 1. The molecule has 24 heavy (non-hydrogen) atoms. The number of hydrogen-bond donors (Lipinski definition) is 2. The third kappa shape index (κ3) is 4.38. The molecule has 0 fully saturated rings. The van der Waals surface area contributed by atoms with E-state index in [9.17, 15) is 9.59 Å². The van der Waals surface area contributed by atoms with E-state index in [1.165, 1.54) is 6.07 Å². The number of ether oxygens (including phenoxy) is 1. The molecule has 1 aromatic carbocycles. The molecular formula is C17H18BrNO5. The monoisotopic (exact) mass is 395 g/mol. The second kappa shape index (κ2) is 7.53. The van der Waals surface area contributed by atoms with Crippen molar-refractivity contribution in [2.45, 2.75) is 33.3 Å². The molecule has 0 bridgehead atoms. The minimum atomic E-state index is -1.12. The second-order valence-electron chi connectivity index (χ2n) is 5.40. The molecule has 0 saturated carbocycles. The van der Waals surface area contributed by atoms with Crippen molar-refractivity contribution in [3.63, 3.8) is 0 Å². The van der Waals surface area contributed by atoms with Gasteiger partial charge in [-0.2, -0.15) is 0 Å². The Morgan fingerprint density at radius 3 is 2.54 bits per heavy atom. The standard InChI is InChI=1S/C17H18BrNO5/c1-4-14-13(17(21)22)8-15(24-14)16(20)19-11-5-10(18)6-12(7-11)23-9(2)3/h5-9H,4H2,1-3H3,(H,19,20)(H,21,22). The molecule has 2 N–H and O–H groups in total. The minimum Gasteiger partial charge on any atom is -0.491 e. The number of hydrogen-bond acceptors (Lipinski definition) is 4. The summed E-state index contributed by atoms with van der Waals surface area (Å²) >= 11 is 3.36. The molecule has 0 unspecified atom stereocenters. The van der Waals surface area contributed by atoms with Gasteiger partial charge in [-0.25, -0.2) is 4.79 Å². The fraction of sp³-hybridized carbons (Fsp3) is 0.294. The molecule has 1 heterocycles. The average molecular weight is 396 g/mol. The Bertz CT molecular complexity index is 766. The van der Waals surface area contributed by atoms with Gasteiger partial charge in [-0.3, -0.25) is 4.79 Å². The Kier molecular flexibility index (Phi) is 5.66. The maximum Gasteiger partial charge on any atom is 0.339 e. The Hall–Kier alpha value is -2.28. The summed E-state index contributed by atoms with van der Waals surface area (Å²) in [6.45, 7) is 5.57. The molecule has 0 radical (unpaired) electrons. The summed E-state index contributed by atoms with van der Waals surface area (Å²) in [5, 5.41) is 11.8. The molecule has 128 valence electrons. The molecule has 7 heteroatoms. The van der Waals surface area contributed by atoms with Crippen LogP contribution in [0.3, 0.4) is 0 Å². The number of carbonyl (C=O) groups is 2. The average Bonchev–Trinajstić information content (AvgIpc) is 2.90. The number of aromatic carboxylic acids is 1. The van der Waals surface area contributed by atoms with Gasteiger partial charge in [-0.05, 0) is 26.0 Å². The molecule has 1 aromatic heterocycles. The number of rotatable bonds is 6. The van der Waals surface area contributed by atoms with Crippen LogP contribution in [0.1, 0.15) is 47.4 Å². The molecule has 1 amide bonds. The summed E-state index contributed by atoms with van der Waals surface area (Å²) in [6, 6.07) is 6.43. The summed E-state index contributed by atoms with van der Waals surface area (Å²) in [7, 11) is 0. The molecule has 0 spiro atoms. The largest absolute Gasteiger partial charge is 0.491 e. The second-order valence-corrected chi connectivity index (χ2v) is 6.32. The molecule has 0 aliphatic rings. The lowest BCUT2D eigenvalue weighted by Crippen LogP contribution is -2.12. The van der Waals surface area contributed by atoms with Crippen LogP contribution in [0.4, 0.5) is 5.69 Å². The summed E-state index contributed by atoms with van der Waals surface area (Å²) in [4.78, 5) is 23.5. The van der Waals surface area contributed by atoms with Gasteiger partial charge in [0.2, 0.25) is 0 Å². The minimum absolute atomic E-state index is 0.000669. The molecule has 6 nitrogen and oxygen atoms in total. The van der Waals surface area contributed by atoms with Crippen molar-refractivity contribution >= 4 is 33.5 Å². The number of halogens is 1. The van der Waals surface area contributed by atoms with E-state index in [0.717, 1.165) is 4.47 Å². The summed E-state index contributed by atoms with van der Waals surface area (Å²) in [6.07, 6.45) is 0.385. The number of anilines is 1. The summed E-state index contributed by atoms with van der Waals surface area (Å²) < 4.78 is 11.7. The molecule has 2 aromatic rings. The number of benzene rings is 1. The van der Waals surface area contributed by atoms with Crippen molar-refractivity contribution in [3.8, 4) is 5.75 Å². The van der Waals surface area contributed by atoms with Crippen molar-refractivity contribution in [3.05, 3.63) is 45.8 Å². The first-order chi connectivity index (χ1) is 11.3. The highest BCUT2D eigenvalue weighted by atomic mass is 79.9. The third-order valence-corrected chi connectivity index (χ3v) is 3.54. The maximum atomic E-state index is 12.3. The van der Waals surface area contributed by atoms with Crippen molar-refractivity contribution in [2.75, 3.05) is 5.32 Å². The van der Waals surface area contributed by atoms with Gasteiger partial charge in [0.1, 0.15) is 17.1 Å². The molecule has 2 rings (SSSR count). The summed E-state index contributed by atoms with van der Waals surface area (Å²) in [5.74, 6) is -0.814. The third-order valence-electron chi connectivity index (χ3n) is 3.09. The van der Waals surface area contributed by atoms with E-state index in [-0.39, 0.29) is 23.2 Å². The molecule has 0 aliphatic carbocycles. The highest BCUT2D eigenvalue weighted by Gasteiger charge is 2.20. The zero-order chi connectivity index (χ0) is 17.9. The van der Waals surface area contributed by atoms with Gasteiger partial charge in [-0.1, -0.05) is 22.9 Å².